The summed E-state index contributed by atoms with van der Waals surface area (Å²) in [6.07, 6.45) is 0. The fourth-order valence-electron chi connectivity index (χ4n) is 1.39. The maximum absolute atomic E-state index is 11.7. The minimum atomic E-state index is -0.916. The molecule has 5 N–H and O–H groups in total. The maximum atomic E-state index is 11.7. The Bertz CT molecular complexity index is 921. The molecule has 2 aromatic heterocycles. The molecule has 0 amide bonds. The Hall–Kier alpha value is -3.66. The molecule has 22 heavy (non-hydrogen) atoms. The molecular formula is C10H8N8O4. The molecule has 2 heterocycles. The lowest BCUT2D eigenvalue weighted by molar-refractivity contribution is 0.448. The van der Waals surface area contributed by atoms with Crippen LogP contribution in [-0.4, -0.2) is 36.2 Å². The van der Waals surface area contributed by atoms with E-state index >= 15 is 0 Å². The molecule has 112 valence electrons. The van der Waals surface area contributed by atoms with E-state index in [1.165, 1.54) is 6.92 Å². The number of hydrogen-bond donors (Lipinski definition) is 5. The van der Waals surface area contributed by atoms with Gasteiger partial charge in [-0.25, -0.2) is 5.41 Å². The number of aromatic nitrogens is 4. The van der Waals surface area contributed by atoms with Gasteiger partial charge in [-0.2, -0.15) is 9.97 Å². The van der Waals surface area contributed by atoms with Gasteiger partial charge >= 0.3 is 0 Å². The third kappa shape index (κ3) is 2.91. The Balaban J connectivity index is 2.50. The standard InChI is InChI=1S/C10H8N8O4/c1-3-13-6(19)4(7(20)14-3)17-18-5-8(21)15-10(12-2-11)16-9(5)22/h11H,1H3,(H2,13,14,19,20)(H2,15,16,21,22). The first-order valence-corrected chi connectivity index (χ1v) is 5.59. The zero-order valence-electron chi connectivity index (χ0n) is 10.9. The highest BCUT2D eigenvalue weighted by Gasteiger charge is 2.12. The lowest BCUT2D eigenvalue weighted by Crippen LogP contribution is -2.09. The Kier molecular flexibility index (Phi) is 3.86. The van der Waals surface area contributed by atoms with Crippen LogP contribution in [0.15, 0.2) is 24.8 Å². The lowest BCUT2D eigenvalue weighted by atomic mass is 10.5. The van der Waals surface area contributed by atoms with E-state index < -0.39 is 34.3 Å². The highest BCUT2D eigenvalue weighted by molar-refractivity contribution is 5.50. The molecule has 0 unspecified atom stereocenters. The van der Waals surface area contributed by atoms with Crippen molar-refractivity contribution in [3.8, 4) is 11.8 Å². The van der Waals surface area contributed by atoms with Crippen LogP contribution >= 0.6 is 0 Å². The molecule has 2 rings (SSSR count). The van der Waals surface area contributed by atoms with E-state index in [0.29, 0.717) is 0 Å². The largest absolute Gasteiger partial charge is 0.492 e. The summed E-state index contributed by atoms with van der Waals surface area (Å²) < 4.78 is 0. The second-order valence-electron chi connectivity index (χ2n) is 3.81. The first-order valence-electron chi connectivity index (χ1n) is 5.59. The topological polar surface area (TPSA) is 193 Å². The number of aromatic hydroxyl groups is 2. The summed E-state index contributed by atoms with van der Waals surface area (Å²) in [5.41, 5.74) is -2.84. The second kappa shape index (κ2) is 5.76. The molecule has 0 aliphatic rings. The number of H-pyrrole nitrogens is 2. The molecule has 0 aromatic carbocycles. The third-order valence-electron chi connectivity index (χ3n) is 2.27. The second-order valence-corrected chi connectivity index (χ2v) is 3.81. The van der Waals surface area contributed by atoms with Crippen LogP contribution in [-0.2, 0) is 0 Å². The van der Waals surface area contributed by atoms with Crippen LogP contribution in [0.2, 0.25) is 0 Å². The Morgan fingerprint density at radius 1 is 1.05 bits per heavy atom. The van der Waals surface area contributed by atoms with Crippen molar-refractivity contribution in [3.63, 3.8) is 0 Å². The zero-order chi connectivity index (χ0) is 16.3. The SMILES string of the molecule is Cc1nc(O)c(N=Nc2c(O)nc(N=C=N)[nH]c2=O)c(=O)[nH]1. The lowest BCUT2D eigenvalue weighted by Gasteiger charge is -1.98. The van der Waals surface area contributed by atoms with Crippen molar-refractivity contribution >= 4 is 23.3 Å². The number of hydrogen-bond acceptors (Lipinski definition) is 10. The molecule has 0 radical (unpaired) electrons. The Labute approximate surface area is 120 Å². The summed E-state index contributed by atoms with van der Waals surface area (Å²) in [5, 5.41) is 32.4. The van der Waals surface area contributed by atoms with Crippen LogP contribution in [0.25, 0.3) is 0 Å². The van der Waals surface area contributed by atoms with E-state index in [0.717, 1.165) is 0 Å². The molecule has 0 aliphatic carbocycles. The van der Waals surface area contributed by atoms with E-state index in [4.69, 9.17) is 5.41 Å². The van der Waals surface area contributed by atoms with Crippen LogP contribution in [0.3, 0.4) is 0 Å². The average Bonchev–Trinajstić information content (AvgIpc) is 2.40. The Morgan fingerprint density at radius 2 is 1.59 bits per heavy atom. The van der Waals surface area contributed by atoms with Crippen LogP contribution in [0.5, 0.6) is 11.8 Å². The number of nitrogens with zero attached hydrogens (tertiary/aromatic N) is 5. The fraction of sp³-hybridized carbons (Fsp3) is 0.100. The molecule has 12 heteroatoms. The van der Waals surface area contributed by atoms with Gasteiger partial charge in [-0.3, -0.25) is 14.6 Å². The van der Waals surface area contributed by atoms with Gasteiger partial charge in [0.25, 0.3) is 11.1 Å². The molecular weight excluding hydrogens is 296 g/mol. The van der Waals surface area contributed by atoms with Gasteiger partial charge in [-0.15, -0.1) is 15.2 Å². The summed E-state index contributed by atoms with van der Waals surface area (Å²) in [5.74, 6) is -1.69. The summed E-state index contributed by atoms with van der Waals surface area (Å²) >= 11 is 0. The highest BCUT2D eigenvalue weighted by Crippen LogP contribution is 2.24. The van der Waals surface area contributed by atoms with Crippen molar-refractivity contribution in [2.75, 3.05) is 0 Å². The molecule has 12 nitrogen and oxygen atoms in total. The minimum absolute atomic E-state index is 0.165. The first kappa shape index (κ1) is 14.7. The quantitative estimate of drug-likeness (QED) is 0.401. The number of azo groups is 1. The van der Waals surface area contributed by atoms with Gasteiger partial charge in [0.1, 0.15) is 5.82 Å². The molecule has 0 atom stereocenters. The third-order valence-corrected chi connectivity index (χ3v) is 2.27. The van der Waals surface area contributed by atoms with Crippen LogP contribution < -0.4 is 11.1 Å². The van der Waals surface area contributed by atoms with Crippen molar-refractivity contribution in [1.82, 2.24) is 19.9 Å². The van der Waals surface area contributed by atoms with Crippen molar-refractivity contribution in [2.45, 2.75) is 6.92 Å². The van der Waals surface area contributed by atoms with E-state index in [9.17, 15) is 19.8 Å². The van der Waals surface area contributed by atoms with E-state index in [1.54, 1.807) is 6.01 Å². The van der Waals surface area contributed by atoms with Gasteiger partial charge in [0.2, 0.25) is 29.1 Å². The van der Waals surface area contributed by atoms with Crippen LogP contribution in [0, 0.1) is 12.3 Å². The van der Waals surface area contributed by atoms with Crippen LogP contribution in [0.4, 0.5) is 17.3 Å². The molecule has 0 saturated carbocycles. The van der Waals surface area contributed by atoms with Gasteiger partial charge < -0.3 is 15.2 Å². The number of nitrogens with one attached hydrogen (secondary N) is 3. The fourth-order valence-corrected chi connectivity index (χ4v) is 1.39. The number of aryl methyl sites for hydroxylation is 1. The summed E-state index contributed by atoms with van der Waals surface area (Å²) in [6, 6.07) is 1.63. The van der Waals surface area contributed by atoms with Gasteiger partial charge in [-0.1, -0.05) is 0 Å². The molecule has 0 aliphatic heterocycles. The van der Waals surface area contributed by atoms with Crippen molar-refractivity contribution < 1.29 is 10.2 Å². The van der Waals surface area contributed by atoms with E-state index in [1.807, 2.05) is 0 Å². The van der Waals surface area contributed by atoms with Gasteiger partial charge in [0.05, 0.1) is 6.01 Å². The van der Waals surface area contributed by atoms with Crippen molar-refractivity contribution in [2.24, 2.45) is 15.2 Å². The summed E-state index contributed by atoms with van der Waals surface area (Å²) in [6.45, 7) is 1.45. The smallest absolute Gasteiger partial charge is 0.284 e. The number of aromatic amines is 2. The van der Waals surface area contributed by atoms with Gasteiger partial charge in [0, 0.05) is 0 Å². The number of aliphatic imine (C=N–C) groups is 1. The molecule has 0 fully saturated rings. The molecule has 0 bridgehead atoms. The predicted molar refractivity (Wildman–Crippen MR) is 71.8 cm³/mol. The minimum Gasteiger partial charge on any atom is -0.492 e. The first-order chi connectivity index (χ1) is 10.4. The maximum Gasteiger partial charge on any atom is 0.284 e. The molecule has 2 aromatic rings. The normalized spacial score (nSPS) is 10.6. The number of rotatable bonds is 3. The Morgan fingerprint density at radius 3 is 2.09 bits per heavy atom. The van der Waals surface area contributed by atoms with Crippen molar-refractivity contribution in [3.05, 3.63) is 26.5 Å². The van der Waals surface area contributed by atoms with Crippen LogP contribution in [0.1, 0.15) is 5.82 Å². The molecule has 0 saturated heterocycles. The highest BCUT2D eigenvalue weighted by atomic mass is 16.3. The van der Waals surface area contributed by atoms with E-state index in [-0.39, 0.29) is 11.8 Å². The predicted octanol–water partition coefficient (Wildman–Crippen LogP) is 0.372. The molecule has 0 spiro atoms. The summed E-state index contributed by atoms with van der Waals surface area (Å²) in [4.78, 5) is 37.8. The average molecular weight is 304 g/mol. The monoisotopic (exact) mass is 304 g/mol. The summed E-state index contributed by atoms with van der Waals surface area (Å²) in [7, 11) is 0. The van der Waals surface area contributed by atoms with E-state index in [2.05, 4.69) is 35.2 Å². The zero-order valence-corrected chi connectivity index (χ0v) is 10.9. The van der Waals surface area contributed by atoms with Gasteiger partial charge in [-0.05, 0) is 6.92 Å². The van der Waals surface area contributed by atoms with Gasteiger partial charge in [0.15, 0.2) is 0 Å². The van der Waals surface area contributed by atoms with Crippen molar-refractivity contribution in [1.29, 1.82) is 5.41 Å².